The van der Waals surface area contributed by atoms with Crippen LogP contribution in [0, 0.1) is 6.92 Å². The summed E-state index contributed by atoms with van der Waals surface area (Å²) < 4.78 is 12.9. The molecule has 0 N–H and O–H groups in total. The monoisotopic (exact) mass is 483 g/mol. The lowest BCUT2D eigenvalue weighted by atomic mass is 10.1. The molecule has 0 amide bonds. The molecule has 2 aromatic heterocycles. The third-order valence-electron chi connectivity index (χ3n) is 5.69. The smallest absolute Gasteiger partial charge is 0.237 e. The zero-order chi connectivity index (χ0) is 24.0. The minimum atomic E-state index is 0.492. The normalized spacial score (nSPS) is 11.0. The minimum Gasteiger partial charge on any atom is -0.497 e. The molecule has 5 aromatic rings. The second-order valence-electron chi connectivity index (χ2n) is 8.03. The molecule has 7 nitrogen and oxygen atoms in total. The van der Waals surface area contributed by atoms with Crippen LogP contribution in [0.2, 0.25) is 0 Å². The topological polar surface area (TPSA) is 78.9 Å². The van der Waals surface area contributed by atoms with Crippen LogP contribution in [-0.2, 0) is 18.6 Å². The number of hydrogen-bond donors (Lipinski definition) is 0. The van der Waals surface area contributed by atoms with Crippen LogP contribution in [0.5, 0.6) is 5.75 Å². The molecule has 8 heteroatoms. The summed E-state index contributed by atoms with van der Waals surface area (Å²) in [4.78, 5) is 4.59. The van der Waals surface area contributed by atoms with E-state index in [1.807, 2.05) is 61.5 Å². The predicted octanol–water partition coefficient (Wildman–Crippen LogP) is 5.71. The van der Waals surface area contributed by atoms with Crippen LogP contribution < -0.4 is 4.74 Å². The lowest BCUT2D eigenvalue weighted by Crippen LogP contribution is -2.05. The summed E-state index contributed by atoms with van der Waals surface area (Å²) in [5.41, 5.74) is 4.32. The number of benzene rings is 3. The van der Waals surface area contributed by atoms with E-state index >= 15 is 0 Å². The summed E-state index contributed by atoms with van der Waals surface area (Å²) in [6, 6.07) is 26.3. The van der Waals surface area contributed by atoms with Crippen molar-refractivity contribution in [3.05, 3.63) is 102 Å². The van der Waals surface area contributed by atoms with Crippen molar-refractivity contribution in [3.8, 4) is 22.8 Å². The van der Waals surface area contributed by atoms with Gasteiger partial charge in [0.25, 0.3) is 0 Å². The number of methoxy groups -OCH3 is 1. The van der Waals surface area contributed by atoms with E-state index in [1.165, 1.54) is 17.3 Å². The van der Waals surface area contributed by atoms with Crippen LogP contribution in [-0.4, -0.2) is 32.0 Å². The first kappa shape index (κ1) is 22.9. The Balaban J connectivity index is 1.38. The van der Waals surface area contributed by atoms with Crippen molar-refractivity contribution in [3.63, 3.8) is 0 Å². The largest absolute Gasteiger partial charge is 0.497 e. The SMILES string of the molecule is COc1ccc(-n2c(CCc3ccccc3)nnc2SCc2nc(-c3ccccc3C)no2)cc1. The van der Waals surface area contributed by atoms with Crippen molar-refractivity contribution in [2.24, 2.45) is 0 Å². The summed E-state index contributed by atoms with van der Waals surface area (Å²) in [5.74, 6) is 3.33. The lowest BCUT2D eigenvalue weighted by Gasteiger charge is -2.11. The van der Waals surface area contributed by atoms with E-state index in [0.717, 1.165) is 46.4 Å². The Kier molecular flexibility index (Phi) is 6.90. The highest BCUT2D eigenvalue weighted by Gasteiger charge is 2.17. The molecule has 0 atom stereocenters. The first-order valence-electron chi connectivity index (χ1n) is 11.4. The van der Waals surface area contributed by atoms with Gasteiger partial charge in [-0.1, -0.05) is 71.5 Å². The molecule has 5 rings (SSSR count). The van der Waals surface area contributed by atoms with E-state index in [0.29, 0.717) is 17.5 Å². The minimum absolute atomic E-state index is 0.492. The van der Waals surface area contributed by atoms with Gasteiger partial charge in [-0.15, -0.1) is 10.2 Å². The maximum Gasteiger partial charge on any atom is 0.237 e. The number of thioether (sulfide) groups is 1. The molecule has 0 unspecified atom stereocenters. The highest BCUT2D eigenvalue weighted by molar-refractivity contribution is 7.98. The second-order valence-corrected chi connectivity index (χ2v) is 8.98. The highest BCUT2D eigenvalue weighted by Crippen LogP contribution is 2.28. The highest BCUT2D eigenvalue weighted by atomic mass is 32.2. The third-order valence-corrected chi connectivity index (χ3v) is 6.60. The molecule has 0 aliphatic carbocycles. The molecule has 176 valence electrons. The van der Waals surface area contributed by atoms with Gasteiger partial charge in [-0.3, -0.25) is 4.57 Å². The average Bonchev–Trinajstić information content (AvgIpc) is 3.54. The van der Waals surface area contributed by atoms with E-state index in [9.17, 15) is 0 Å². The van der Waals surface area contributed by atoms with Crippen molar-refractivity contribution >= 4 is 11.8 Å². The summed E-state index contributed by atoms with van der Waals surface area (Å²) in [7, 11) is 1.66. The molecule has 3 aromatic carbocycles. The van der Waals surface area contributed by atoms with Gasteiger partial charge < -0.3 is 9.26 Å². The molecular weight excluding hydrogens is 458 g/mol. The number of hydrogen-bond acceptors (Lipinski definition) is 7. The van der Waals surface area contributed by atoms with Crippen LogP contribution >= 0.6 is 11.8 Å². The Morgan fingerprint density at radius 1 is 0.886 bits per heavy atom. The molecule has 0 spiro atoms. The maximum absolute atomic E-state index is 5.53. The fourth-order valence-electron chi connectivity index (χ4n) is 3.82. The Labute approximate surface area is 208 Å². The fourth-order valence-corrected chi connectivity index (χ4v) is 4.63. The number of nitrogens with zero attached hydrogens (tertiary/aromatic N) is 5. The van der Waals surface area contributed by atoms with Crippen molar-refractivity contribution in [2.75, 3.05) is 7.11 Å². The van der Waals surface area contributed by atoms with Crippen molar-refractivity contribution in [1.82, 2.24) is 24.9 Å². The van der Waals surface area contributed by atoms with Crippen molar-refractivity contribution in [2.45, 2.75) is 30.7 Å². The molecule has 35 heavy (non-hydrogen) atoms. The van der Waals surface area contributed by atoms with Crippen LogP contribution in [0.3, 0.4) is 0 Å². The van der Waals surface area contributed by atoms with Crippen molar-refractivity contribution < 1.29 is 9.26 Å². The molecule has 0 bridgehead atoms. The van der Waals surface area contributed by atoms with E-state index in [1.54, 1.807) is 7.11 Å². The molecule has 0 saturated carbocycles. The maximum atomic E-state index is 5.53. The first-order valence-corrected chi connectivity index (χ1v) is 12.3. The number of ether oxygens (including phenoxy) is 1. The van der Waals surface area contributed by atoms with Gasteiger partial charge in [-0.2, -0.15) is 4.98 Å². The van der Waals surface area contributed by atoms with E-state index in [-0.39, 0.29) is 0 Å². The van der Waals surface area contributed by atoms with Gasteiger partial charge in [-0.05, 0) is 48.7 Å². The summed E-state index contributed by atoms with van der Waals surface area (Å²) in [5, 5.41) is 14.0. The molecule has 0 aliphatic rings. The zero-order valence-electron chi connectivity index (χ0n) is 19.6. The Hall–Kier alpha value is -3.91. The molecular formula is C27H25N5O2S. The Morgan fingerprint density at radius 2 is 1.66 bits per heavy atom. The van der Waals surface area contributed by atoms with E-state index < -0.39 is 0 Å². The van der Waals surface area contributed by atoms with E-state index in [4.69, 9.17) is 9.26 Å². The molecule has 0 radical (unpaired) electrons. The van der Waals surface area contributed by atoms with Crippen LogP contribution in [0.1, 0.15) is 22.8 Å². The van der Waals surface area contributed by atoms with Gasteiger partial charge in [0, 0.05) is 17.7 Å². The van der Waals surface area contributed by atoms with Gasteiger partial charge in [0.2, 0.25) is 11.7 Å². The van der Waals surface area contributed by atoms with Gasteiger partial charge in [0.1, 0.15) is 11.6 Å². The van der Waals surface area contributed by atoms with Gasteiger partial charge in [-0.25, -0.2) is 0 Å². The Morgan fingerprint density at radius 3 is 2.43 bits per heavy atom. The lowest BCUT2D eigenvalue weighted by molar-refractivity contribution is 0.391. The summed E-state index contributed by atoms with van der Waals surface area (Å²) >= 11 is 1.52. The first-order chi connectivity index (χ1) is 17.2. The number of aryl methyl sites for hydroxylation is 3. The summed E-state index contributed by atoms with van der Waals surface area (Å²) in [6.45, 7) is 2.04. The van der Waals surface area contributed by atoms with Crippen LogP contribution in [0.15, 0.2) is 88.5 Å². The zero-order valence-corrected chi connectivity index (χ0v) is 20.4. The van der Waals surface area contributed by atoms with Crippen LogP contribution in [0.25, 0.3) is 17.1 Å². The fraction of sp³-hybridized carbons (Fsp3) is 0.185. The van der Waals surface area contributed by atoms with Gasteiger partial charge >= 0.3 is 0 Å². The molecule has 0 aliphatic heterocycles. The number of aromatic nitrogens is 5. The average molecular weight is 484 g/mol. The second kappa shape index (κ2) is 10.6. The molecule has 0 fully saturated rings. The number of rotatable bonds is 9. The molecule has 0 saturated heterocycles. The molecule has 2 heterocycles. The van der Waals surface area contributed by atoms with Gasteiger partial charge in [0.15, 0.2) is 5.16 Å². The van der Waals surface area contributed by atoms with Gasteiger partial charge in [0.05, 0.1) is 12.9 Å². The predicted molar refractivity (Wildman–Crippen MR) is 136 cm³/mol. The van der Waals surface area contributed by atoms with Crippen molar-refractivity contribution in [1.29, 1.82) is 0 Å². The Bertz CT molecular complexity index is 1400. The van der Waals surface area contributed by atoms with E-state index in [2.05, 4.69) is 49.2 Å². The van der Waals surface area contributed by atoms with Crippen LogP contribution in [0.4, 0.5) is 0 Å². The third kappa shape index (κ3) is 5.27. The summed E-state index contributed by atoms with van der Waals surface area (Å²) in [6.07, 6.45) is 1.64. The standard InChI is InChI=1S/C27H25N5O2S/c1-19-8-6-7-11-23(19)26-28-25(34-31-26)18-35-27-30-29-24(17-12-20-9-4-3-5-10-20)32(27)21-13-15-22(33-2)16-14-21/h3-11,13-16H,12,17-18H2,1-2H3. The quantitative estimate of drug-likeness (QED) is 0.248.